The van der Waals surface area contributed by atoms with E-state index in [1.54, 1.807) is 23.2 Å². The lowest BCUT2D eigenvalue weighted by Gasteiger charge is -2.35. The van der Waals surface area contributed by atoms with Crippen molar-refractivity contribution in [3.8, 4) is 0 Å². The van der Waals surface area contributed by atoms with Gasteiger partial charge in [-0.3, -0.25) is 14.9 Å². The maximum absolute atomic E-state index is 13.0. The Balaban J connectivity index is 1.94. The molecule has 8 heteroatoms. The number of carbonyl (C=O) groups excluding carboxylic acids is 1. The molecule has 1 unspecified atom stereocenters. The van der Waals surface area contributed by atoms with Crippen LogP contribution in [0.3, 0.4) is 0 Å². The molecule has 0 saturated carbocycles. The summed E-state index contributed by atoms with van der Waals surface area (Å²) in [6, 6.07) is 4.53. The van der Waals surface area contributed by atoms with Crippen LogP contribution >= 0.6 is 0 Å². The van der Waals surface area contributed by atoms with Crippen LogP contribution in [0.15, 0.2) is 30.6 Å². The van der Waals surface area contributed by atoms with Crippen LogP contribution in [0.5, 0.6) is 0 Å². The molecule has 3 rings (SSSR count). The second-order valence-corrected chi connectivity index (χ2v) is 6.07. The van der Waals surface area contributed by atoms with Gasteiger partial charge in [0, 0.05) is 56.3 Å². The van der Waals surface area contributed by atoms with Gasteiger partial charge < -0.3 is 14.8 Å². The topological polar surface area (TPSA) is 93.3 Å². The summed E-state index contributed by atoms with van der Waals surface area (Å²) in [4.78, 5) is 30.0. The molecule has 1 aliphatic heterocycles. The zero-order valence-electron chi connectivity index (χ0n) is 14.3. The van der Waals surface area contributed by atoms with Crippen molar-refractivity contribution in [1.82, 2.24) is 19.8 Å². The Morgan fingerprint density at radius 1 is 1.48 bits per heavy atom. The SMILES string of the molecule is CCc1ccc(C(=O)N2CCNCC2c2nccn2C)cc1[N+](=O)[O-]. The predicted octanol–water partition coefficient (Wildman–Crippen LogP) is 1.68. The van der Waals surface area contributed by atoms with Gasteiger partial charge in [-0.2, -0.15) is 0 Å². The summed E-state index contributed by atoms with van der Waals surface area (Å²) in [5.41, 5.74) is 0.963. The second kappa shape index (κ2) is 7.02. The maximum Gasteiger partial charge on any atom is 0.273 e. The summed E-state index contributed by atoms with van der Waals surface area (Å²) in [6.45, 7) is 3.67. The Morgan fingerprint density at radius 2 is 2.28 bits per heavy atom. The molecule has 0 aliphatic carbocycles. The minimum atomic E-state index is -0.427. The fraction of sp³-hybridized carbons (Fsp3) is 0.412. The van der Waals surface area contributed by atoms with E-state index in [0.29, 0.717) is 37.2 Å². The Bertz CT molecular complexity index is 801. The van der Waals surface area contributed by atoms with E-state index in [-0.39, 0.29) is 17.6 Å². The van der Waals surface area contributed by atoms with Crippen LogP contribution in [0.2, 0.25) is 0 Å². The number of nitrogens with zero attached hydrogens (tertiary/aromatic N) is 4. The molecule has 1 aromatic heterocycles. The highest BCUT2D eigenvalue weighted by Gasteiger charge is 2.31. The highest BCUT2D eigenvalue weighted by Crippen LogP contribution is 2.26. The zero-order chi connectivity index (χ0) is 18.0. The molecule has 1 N–H and O–H groups in total. The number of hydrogen-bond acceptors (Lipinski definition) is 5. The molecule has 1 fully saturated rings. The third kappa shape index (κ3) is 3.25. The van der Waals surface area contributed by atoms with E-state index in [9.17, 15) is 14.9 Å². The van der Waals surface area contributed by atoms with Gasteiger partial charge in [0.05, 0.1) is 4.92 Å². The van der Waals surface area contributed by atoms with Crippen molar-refractivity contribution in [3.63, 3.8) is 0 Å². The lowest BCUT2D eigenvalue weighted by Crippen LogP contribution is -2.49. The molecular weight excluding hydrogens is 322 g/mol. The number of benzene rings is 1. The van der Waals surface area contributed by atoms with Crippen LogP contribution in [0.4, 0.5) is 5.69 Å². The number of piperazine rings is 1. The van der Waals surface area contributed by atoms with Gasteiger partial charge in [-0.25, -0.2) is 4.98 Å². The molecule has 1 atom stereocenters. The molecule has 2 aromatic rings. The van der Waals surface area contributed by atoms with Crippen LogP contribution in [0.1, 0.15) is 34.7 Å². The number of amides is 1. The van der Waals surface area contributed by atoms with Crippen LogP contribution < -0.4 is 5.32 Å². The largest absolute Gasteiger partial charge is 0.336 e. The number of carbonyl (C=O) groups is 1. The van der Waals surface area contributed by atoms with E-state index >= 15 is 0 Å². The third-order valence-corrected chi connectivity index (χ3v) is 4.57. The Kier molecular flexibility index (Phi) is 4.80. The number of aromatic nitrogens is 2. The van der Waals surface area contributed by atoms with Crippen molar-refractivity contribution in [2.45, 2.75) is 19.4 Å². The van der Waals surface area contributed by atoms with Crippen molar-refractivity contribution in [3.05, 3.63) is 57.7 Å². The molecule has 1 aromatic carbocycles. The first-order valence-electron chi connectivity index (χ1n) is 8.29. The normalized spacial score (nSPS) is 17.5. The predicted molar refractivity (Wildman–Crippen MR) is 92.3 cm³/mol. The molecule has 1 aliphatic rings. The van der Waals surface area contributed by atoms with Gasteiger partial charge in [0.2, 0.25) is 0 Å². The van der Waals surface area contributed by atoms with Crippen molar-refractivity contribution in [2.75, 3.05) is 19.6 Å². The summed E-state index contributed by atoms with van der Waals surface area (Å²) in [5, 5.41) is 14.6. The average Bonchev–Trinajstić information content (AvgIpc) is 3.06. The molecule has 0 bridgehead atoms. The average molecular weight is 343 g/mol. The molecule has 25 heavy (non-hydrogen) atoms. The third-order valence-electron chi connectivity index (χ3n) is 4.57. The lowest BCUT2D eigenvalue weighted by molar-refractivity contribution is -0.385. The van der Waals surface area contributed by atoms with E-state index in [4.69, 9.17) is 0 Å². The maximum atomic E-state index is 13.0. The number of imidazole rings is 1. The van der Waals surface area contributed by atoms with E-state index < -0.39 is 4.92 Å². The number of aryl methyl sites for hydroxylation is 2. The summed E-state index contributed by atoms with van der Waals surface area (Å²) < 4.78 is 1.89. The molecular formula is C17H21N5O3. The fourth-order valence-electron chi connectivity index (χ4n) is 3.21. The van der Waals surface area contributed by atoms with Crippen LogP contribution in [-0.2, 0) is 13.5 Å². The van der Waals surface area contributed by atoms with E-state index in [2.05, 4.69) is 10.3 Å². The highest BCUT2D eigenvalue weighted by molar-refractivity contribution is 5.95. The number of nitro benzene ring substituents is 1. The first-order chi connectivity index (χ1) is 12.0. The minimum absolute atomic E-state index is 0.00275. The van der Waals surface area contributed by atoms with Crippen molar-refractivity contribution < 1.29 is 9.72 Å². The molecule has 1 saturated heterocycles. The van der Waals surface area contributed by atoms with Crippen LogP contribution in [-0.4, -0.2) is 44.9 Å². The smallest absolute Gasteiger partial charge is 0.273 e. The van der Waals surface area contributed by atoms with Crippen molar-refractivity contribution in [1.29, 1.82) is 0 Å². The molecule has 0 radical (unpaired) electrons. The number of hydrogen-bond donors (Lipinski definition) is 1. The summed E-state index contributed by atoms with van der Waals surface area (Å²) in [7, 11) is 1.89. The number of nitrogens with one attached hydrogen (secondary N) is 1. The van der Waals surface area contributed by atoms with E-state index in [1.165, 1.54) is 6.07 Å². The van der Waals surface area contributed by atoms with Gasteiger partial charge >= 0.3 is 0 Å². The Labute approximate surface area is 145 Å². The van der Waals surface area contributed by atoms with E-state index in [0.717, 1.165) is 5.82 Å². The lowest BCUT2D eigenvalue weighted by atomic mass is 10.0. The monoisotopic (exact) mass is 343 g/mol. The minimum Gasteiger partial charge on any atom is -0.336 e. The highest BCUT2D eigenvalue weighted by atomic mass is 16.6. The van der Waals surface area contributed by atoms with Gasteiger partial charge in [0.25, 0.3) is 11.6 Å². The first-order valence-corrected chi connectivity index (χ1v) is 8.29. The fourth-order valence-corrected chi connectivity index (χ4v) is 3.21. The Morgan fingerprint density at radius 3 is 2.92 bits per heavy atom. The standard InChI is InChI=1S/C17H21N5O3/c1-3-12-4-5-13(10-14(12)22(24)25)17(23)21-9-6-18-11-15(21)16-19-7-8-20(16)2/h4-5,7-8,10,15,18H,3,6,9,11H2,1-2H3. The number of nitro groups is 1. The van der Waals surface area contributed by atoms with Gasteiger partial charge in [-0.15, -0.1) is 0 Å². The summed E-state index contributed by atoms with van der Waals surface area (Å²) in [5.74, 6) is 0.584. The zero-order valence-corrected chi connectivity index (χ0v) is 14.3. The first kappa shape index (κ1) is 17.1. The molecule has 0 spiro atoms. The Hall–Kier alpha value is -2.74. The molecule has 1 amide bonds. The van der Waals surface area contributed by atoms with E-state index in [1.807, 2.05) is 24.7 Å². The van der Waals surface area contributed by atoms with Gasteiger partial charge in [-0.1, -0.05) is 13.0 Å². The summed E-state index contributed by atoms with van der Waals surface area (Å²) in [6.07, 6.45) is 4.09. The molecule has 132 valence electrons. The van der Waals surface area contributed by atoms with Gasteiger partial charge in [-0.05, 0) is 12.5 Å². The van der Waals surface area contributed by atoms with Gasteiger partial charge in [0.15, 0.2) is 0 Å². The second-order valence-electron chi connectivity index (χ2n) is 6.07. The van der Waals surface area contributed by atoms with Gasteiger partial charge in [0.1, 0.15) is 11.9 Å². The molecule has 2 heterocycles. The van der Waals surface area contributed by atoms with Crippen LogP contribution in [0, 0.1) is 10.1 Å². The molecule has 8 nitrogen and oxygen atoms in total. The van der Waals surface area contributed by atoms with Crippen molar-refractivity contribution >= 4 is 11.6 Å². The quantitative estimate of drug-likeness (QED) is 0.673. The van der Waals surface area contributed by atoms with Crippen LogP contribution in [0.25, 0.3) is 0 Å². The van der Waals surface area contributed by atoms with Crippen molar-refractivity contribution in [2.24, 2.45) is 7.05 Å². The number of rotatable bonds is 4. The summed E-state index contributed by atoms with van der Waals surface area (Å²) >= 11 is 0.